The van der Waals surface area contributed by atoms with E-state index in [0.29, 0.717) is 5.88 Å². The van der Waals surface area contributed by atoms with Crippen LogP contribution in [0.15, 0.2) is 12.3 Å². The van der Waals surface area contributed by atoms with Crippen LogP contribution in [0.4, 0.5) is 5.82 Å². The molecule has 0 aliphatic heterocycles. The Morgan fingerprint density at radius 3 is 2.22 bits per heavy atom. The van der Waals surface area contributed by atoms with Gasteiger partial charge in [0.25, 0.3) is 0 Å². The van der Waals surface area contributed by atoms with Crippen molar-refractivity contribution in [1.82, 2.24) is 4.98 Å². The summed E-state index contributed by atoms with van der Waals surface area (Å²) < 4.78 is 0. The van der Waals surface area contributed by atoms with Crippen LogP contribution in [0.2, 0.25) is 0 Å². The third-order valence-corrected chi connectivity index (χ3v) is 3.43. The van der Waals surface area contributed by atoms with Gasteiger partial charge < -0.3 is 4.90 Å². The Balaban J connectivity index is 2.82. The molecule has 0 spiro atoms. The van der Waals surface area contributed by atoms with E-state index in [1.54, 1.807) is 0 Å². The summed E-state index contributed by atoms with van der Waals surface area (Å²) in [6, 6.07) is 2.15. The molecule has 0 bridgehead atoms. The van der Waals surface area contributed by atoms with Crippen LogP contribution >= 0.6 is 11.6 Å². The van der Waals surface area contributed by atoms with Crippen molar-refractivity contribution in [3.63, 3.8) is 0 Å². The Labute approximate surface area is 116 Å². The van der Waals surface area contributed by atoms with E-state index in [1.165, 1.54) is 31.2 Å². The lowest BCUT2D eigenvalue weighted by Crippen LogP contribution is -2.27. The average molecular weight is 269 g/mol. The first-order valence-corrected chi connectivity index (χ1v) is 7.52. The predicted octanol–water partition coefficient (Wildman–Crippen LogP) is 4.54. The fourth-order valence-corrected chi connectivity index (χ4v) is 2.20. The first kappa shape index (κ1) is 15.3. The number of anilines is 1. The Morgan fingerprint density at radius 2 is 1.78 bits per heavy atom. The summed E-state index contributed by atoms with van der Waals surface area (Å²) in [5.74, 6) is 1.67. The monoisotopic (exact) mass is 268 g/mol. The molecular formula is C15H25ClN2. The smallest absolute Gasteiger partial charge is 0.131 e. The molecule has 0 saturated carbocycles. The van der Waals surface area contributed by atoms with Gasteiger partial charge in [-0.25, -0.2) is 4.98 Å². The molecule has 102 valence electrons. The van der Waals surface area contributed by atoms with Crippen molar-refractivity contribution in [2.75, 3.05) is 18.0 Å². The van der Waals surface area contributed by atoms with E-state index in [0.717, 1.165) is 24.5 Å². The topological polar surface area (TPSA) is 16.1 Å². The first-order valence-electron chi connectivity index (χ1n) is 6.99. The lowest BCUT2D eigenvalue weighted by Gasteiger charge is -2.25. The van der Waals surface area contributed by atoms with E-state index in [2.05, 4.69) is 36.7 Å². The summed E-state index contributed by atoms with van der Waals surface area (Å²) in [5, 5.41) is 0. The molecule has 0 fully saturated rings. The maximum absolute atomic E-state index is 5.84. The van der Waals surface area contributed by atoms with Gasteiger partial charge in [0.2, 0.25) is 0 Å². The molecule has 0 saturated heterocycles. The summed E-state index contributed by atoms with van der Waals surface area (Å²) in [6.07, 6.45) is 6.80. The number of aromatic nitrogens is 1. The van der Waals surface area contributed by atoms with Gasteiger partial charge in [0.05, 0.1) is 0 Å². The van der Waals surface area contributed by atoms with Gasteiger partial charge in [0.1, 0.15) is 5.82 Å². The van der Waals surface area contributed by atoms with Crippen molar-refractivity contribution in [2.45, 2.75) is 52.3 Å². The summed E-state index contributed by atoms with van der Waals surface area (Å²) >= 11 is 5.84. The van der Waals surface area contributed by atoms with E-state index in [1.807, 2.05) is 6.20 Å². The van der Waals surface area contributed by atoms with Crippen LogP contribution in [0, 0.1) is 6.92 Å². The van der Waals surface area contributed by atoms with E-state index < -0.39 is 0 Å². The molecule has 1 heterocycles. The number of rotatable bonds is 8. The first-order chi connectivity index (χ1) is 8.72. The molecule has 0 atom stereocenters. The van der Waals surface area contributed by atoms with E-state index in [4.69, 9.17) is 11.6 Å². The molecule has 0 aliphatic rings. The lowest BCUT2D eigenvalue weighted by molar-refractivity contribution is 0.669. The van der Waals surface area contributed by atoms with Crippen LogP contribution in [0.25, 0.3) is 0 Å². The molecule has 0 amide bonds. The Morgan fingerprint density at radius 1 is 1.17 bits per heavy atom. The van der Waals surface area contributed by atoms with Gasteiger partial charge in [0, 0.05) is 25.2 Å². The minimum Gasteiger partial charge on any atom is -0.356 e. The maximum Gasteiger partial charge on any atom is 0.131 e. The van der Waals surface area contributed by atoms with Gasteiger partial charge in [-0.1, -0.05) is 26.7 Å². The summed E-state index contributed by atoms with van der Waals surface area (Å²) in [6.45, 7) is 8.79. The zero-order valence-electron chi connectivity index (χ0n) is 11.9. The number of halogens is 1. The zero-order valence-corrected chi connectivity index (χ0v) is 12.6. The number of hydrogen-bond acceptors (Lipinski definition) is 2. The Kier molecular flexibility index (Phi) is 7.11. The summed E-state index contributed by atoms with van der Waals surface area (Å²) in [4.78, 5) is 7.01. The fraction of sp³-hybridized carbons (Fsp3) is 0.667. The average Bonchev–Trinajstić information content (AvgIpc) is 2.39. The molecule has 0 unspecified atom stereocenters. The van der Waals surface area contributed by atoms with Crippen LogP contribution in [-0.4, -0.2) is 18.1 Å². The van der Waals surface area contributed by atoms with Crippen LogP contribution in [0.1, 0.15) is 50.7 Å². The van der Waals surface area contributed by atoms with Gasteiger partial charge >= 0.3 is 0 Å². The predicted molar refractivity (Wildman–Crippen MR) is 80.6 cm³/mol. The standard InChI is InChI=1S/C15H25ClN2/c1-4-6-8-18(9-7-5-2)15-13(3)10-14(11-16)12-17-15/h10,12H,4-9,11H2,1-3H3. The molecule has 0 aliphatic carbocycles. The number of pyridine rings is 1. The molecule has 1 aromatic heterocycles. The van der Waals surface area contributed by atoms with E-state index in [9.17, 15) is 0 Å². The summed E-state index contributed by atoms with van der Waals surface area (Å²) in [7, 11) is 0. The van der Waals surface area contributed by atoms with E-state index >= 15 is 0 Å². The SMILES string of the molecule is CCCCN(CCCC)c1ncc(CCl)cc1C. The molecule has 0 N–H and O–H groups in total. The van der Waals surface area contributed by atoms with Crippen molar-refractivity contribution >= 4 is 17.4 Å². The van der Waals surface area contributed by atoms with Crippen molar-refractivity contribution in [3.8, 4) is 0 Å². The van der Waals surface area contributed by atoms with Crippen molar-refractivity contribution < 1.29 is 0 Å². The molecular weight excluding hydrogens is 244 g/mol. The highest BCUT2D eigenvalue weighted by Gasteiger charge is 2.10. The second kappa shape index (κ2) is 8.36. The number of nitrogens with zero attached hydrogens (tertiary/aromatic N) is 2. The van der Waals surface area contributed by atoms with Gasteiger partial charge in [0.15, 0.2) is 0 Å². The number of alkyl halides is 1. The van der Waals surface area contributed by atoms with E-state index in [-0.39, 0.29) is 0 Å². The fourth-order valence-electron chi connectivity index (χ4n) is 2.05. The molecule has 1 rings (SSSR count). The highest BCUT2D eigenvalue weighted by atomic mass is 35.5. The van der Waals surface area contributed by atoms with Crippen LogP contribution in [0.3, 0.4) is 0 Å². The van der Waals surface area contributed by atoms with Crippen molar-refractivity contribution in [2.24, 2.45) is 0 Å². The minimum absolute atomic E-state index is 0.540. The number of aryl methyl sites for hydroxylation is 1. The normalized spacial score (nSPS) is 10.7. The quantitative estimate of drug-likeness (QED) is 0.644. The van der Waals surface area contributed by atoms with Crippen LogP contribution in [0.5, 0.6) is 0 Å². The highest BCUT2D eigenvalue weighted by Crippen LogP contribution is 2.20. The number of hydrogen-bond donors (Lipinski definition) is 0. The molecule has 0 aromatic carbocycles. The Bertz CT molecular complexity index is 344. The lowest BCUT2D eigenvalue weighted by atomic mass is 10.2. The summed E-state index contributed by atoms with van der Waals surface area (Å²) in [5.41, 5.74) is 2.34. The molecule has 3 heteroatoms. The number of unbranched alkanes of at least 4 members (excludes halogenated alkanes) is 2. The van der Waals surface area contributed by atoms with Gasteiger partial charge in [-0.2, -0.15) is 0 Å². The highest BCUT2D eigenvalue weighted by molar-refractivity contribution is 6.17. The largest absolute Gasteiger partial charge is 0.356 e. The third kappa shape index (κ3) is 4.49. The minimum atomic E-state index is 0.540. The van der Waals surface area contributed by atoms with Gasteiger partial charge in [-0.05, 0) is 37.0 Å². The third-order valence-electron chi connectivity index (χ3n) is 3.12. The van der Waals surface area contributed by atoms with Gasteiger partial charge in [-0.3, -0.25) is 0 Å². The second-order valence-corrected chi connectivity index (χ2v) is 5.08. The van der Waals surface area contributed by atoms with Crippen molar-refractivity contribution in [3.05, 3.63) is 23.4 Å². The van der Waals surface area contributed by atoms with Gasteiger partial charge in [-0.15, -0.1) is 11.6 Å². The molecule has 2 nitrogen and oxygen atoms in total. The molecule has 18 heavy (non-hydrogen) atoms. The van der Waals surface area contributed by atoms with Crippen LogP contribution in [-0.2, 0) is 5.88 Å². The maximum atomic E-state index is 5.84. The molecule has 0 radical (unpaired) electrons. The van der Waals surface area contributed by atoms with Crippen LogP contribution < -0.4 is 4.90 Å². The second-order valence-electron chi connectivity index (χ2n) is 4.81. The Hall–Kier alpha value is -0.760. The molecule has 1 aromatic rings. The zero-order chi connectivity index (χ0) is 13.4. The van der Waals surface area contributed by atoms with Crippen molar-refractivity contribution in [1.29, 1.82) is 0 Å².